The third kappa shape index (κ3) is 4.83. The van der Waals surface area contributed by atoms with Crippen LogP contribution in [0, 0.1) is 0 Å². The predicted octanol–water partition coefficient (Wildman–Crippen LogP) is 3.76. The molecule has 0 fully saturated rings. The zero-order chi connectivity index (χ0) is 18.2. The maximum Gasteiger partial charge on any atom is 0.261 e. The summed E-state index contributed by atoms with van der Waals surface area (Å²) in [7, 11) is 0. The van der Waals surface area contributed by atoms with E-state index in [-0.39, 0.29) is 17.9 Å². The van der Waals surface area contributed by atoms with E-state index in [0.717, 1.165) is 5.56 Å². The van der Waals surface area contributed by atoms with E-state index in [2.05, 4.69) is 10.6 Å². The molecular weight excluding hydrogens is 348 g/mol. The van der Waals surface area contributed by atoms with Crippen LogP contribution in [0.15, 0.2) is 70.7 Å². The van der Waals surface area contributed by atoms with Gasteiger partial charge in [0.25, 0.3) is 5.91 Å². The predicted molar refractivity (Wildman–Crippen MR) is 101 cm³/mol. The molecule has 2 N–H and O–H groups in total. The highest BCUT2D eigenvalue weighted by molar-refractivity contribution is 7.12. The molecule has 3 aromatic rings. The fourth-order valence-electron chi connectivity index (χ4n) is 2.60. The summed E-state index contributed by atoms with van der Waals surface area (Å²) in [6.45, 7) is 0.459. The molecule has 2 amide bonds. The average molecular weight is 368 g/mol. The highest BCUT2D eigenvalue weighted by atomic mass is 32.1. The maximum atomic E-state index is 12.3. The van der Waals surface area contributed by atoms with Crippen LogP contribution in [0.25, 0.3) is 0 Å². The second-order valence-corrected chi connectivity index (χ2v) is 6.71. The molecule has 0 aliphatic carbocycles. The Morgan fingerprint density at radius 3 is 2.58 bits per heavy atom. The van der Waals surface area contributed by atoms with Gasteiger partial charge >= 0.3 is 0 Å². The first kappa shape index (κ1) is 17.9. The van der Waals surface area contributed by atoms with Crippen molar-refractivity contribution in [1.29, 1.82) is 0 Å². The fourth-order valence-corrected chi connectivity index (χ4v) is 3.24. The minimum absolute atomic E-state index is 0.0828. The maximum absolute atomic E-state index is 12.3. The van der Waals surface area contributed by atoms with Crippen LogP contribution in [0.1, 0.15) is 39.9 Å². The van der Waals surface area contributed by atoms with Gasteiger partial charge in [0.2, 0.25) is 5.91 Å². The van der Waals surface area contributed by atoms with Gasteiger partial charge in [-0.1, -0.05) is 36.4 Å². The van der Waals surface area contributed by atoms with Gasteiger partial charge in [0, 0.05) is 13.0 Å². The Morgan fingerprint density at radius 2 is 1.88 bits per heavy atom. The Bertz CT molecular complexity index is 814. The van der Waals surface area contributed by atoms with Gasteiger partial charge in [0.05, 0.1) is 11.1 Å². The molecule has 1 aromatic carbocycles. The Labute approximate surface area is 156 Å². The van der Waals surface area contributed by atoms with Crippen molar-refractivity contribution in [1.82, 2.24) is 10.6 Å². The number of benzene rings is 1. The minimum atomic E-state index is -0.320. The number of amides is 2. The van der Waals surface area contributed by atoms with Gasteiger partial charge in [-0.3, -0.25) is 9.59 Å². The van der Waals surface area contributed by atoms with Gasteiger partial charge < -0.3 is 15.1 Å². The van der Waals surface area contributed by atoms with E-state index in [0.29, 0.717) is 30.0 Å². The van der Waals surface area contributed by atoms with Crippen molar-refractivity contribution in [3.63, 3.8) is 0 Å². The molecule has 1 atom stereocenters. The van der Waals surface area contributed by atoms with Crippen LogP contribution < -0.4 is 10.6 Å². The number of nitrogens with one attached hydrogen (secondary N) is 2. The van der Waals surface area contributed by atoms with Crippen molar-refractivity contribution in [2.45, 2.75) is 18.9 Å². The van der Waals surface area contributed by atoms with Crippen LogP contribution >= 0.6 is 11.3 Å². The lowest BCUT2D eigenvalue weighted by atomic mass is 10.0. The summed E-state index contributed by atoms with van der Waals surface area (Å²) < 4.78 is 5.48. The molecule has 2 aromatic heterocycles. The molecule has 134 valence electrons. The van der Waals surface area contributed by atoms with E-state index in [1.54, 1.807) is 18.4 Å². The molecular formula is C20H20N2O3S. The lowest BCUT2D eigenvalue weighted by Gasteiger charge is -2.17. The van der Waals surface area contributed by atoms with E-state index in [9.17, 15) is 9.59 Å². The van der Waals surface area contributed by atoms with Gasteiger partial charge in [-0.25, -0.2) is 0 Å². The van der Waals surface area contributed by atoms with Crippen molar-refractivity contribution < 1.29 is 14.0 Å². The molecule has 1 unspecified atom stereocenters. The van der Waals surface area contributed by atoms with E-state index in [1.165, 1.54) is 11.3 Å². The number of carbonyl (C=O) groups excluding carboxylic acids is 2. The first-order valence-electron chi connectivity index (χ1n) is 8.43. The normalized spacial score (nSPS) is 11.7. The van der Waals surface area contributed by atoms with Crippen molar-refractivity contribution in [3.8, 4) is 0 Å². The van der Waals surface area contributed by atoms with E-state index in [1.807, 2.05) is 47.8 Å². The Morgan fingerprint density at radius 1 is 1.04 bits per heavy atom. The molecule has 0 spiro atoms. The topological polar surface area (TPSA) is 71.3 Å². The van der Waals surface area contributed by atoms with Crippen molar-refractivity contribution in [2.75, 3.05) is 6.54 Å². The molecule has 0 bridgehead atoms. The summed E-state index contributed by atoms with van der Waals surface area (Å²) in [6.07, 6.45) is 2.49. The zero-order valence-corrected chi connectivity index (χ0v) is 15.0. The summed E-state index contributed by atoms with van der Waals surface area (Å²) in [4.78, 5) is 24.9. The van der Waals surface area contributed by atoms with Gasteiger partial charge in [-0.05, 0) is 35.6 Å². The van der Waals surface area contributed by atoms with Crippen LogP contribution in [0.2, 0.25) is 0 Å². The van der Waals surface area contributed by atoms with E-state index in [4.69, 9.17) is 4.42 Å². The molecule has 0 saturated carbocycles. The molecule has 3 rings (SSSR count). The number of carbonyl (C=O) groups is 2. The quantitative estimate of drug-likeness (QED) is 0.595. The summed E-state index contributed by atoms with van der Waals surface area (Å²) in [5.74, 6) is 0.509. The first-order valence-corrected chi connectivity index (χ1v) is 9.31. The van der Waals surface area contributed by atoms with Crippen molar-refractivity contribution in [2.24, 2.45) is 0 Å². The van der Waals surface area contributed by atoms with Gasteiger partial charge in [0.15, 0.2) is 0 Å². The SMILES string of the molecule is O=C(CCCNC(=O)c1cccs1)NC(c1ccccc1)c1ccco1. The highest BCUT2D eigenvalue weighted by Gasteiger charge is 2.19. The number of thiophene rings is 1. The van der Waals surface area contributed by atoms with Gasteiger partial charge in [-0.15, -0.1) is 11.3 Å². The summed E-state index contributed by atoms with van der Waals surface area (Å²) >= 11 is 1.40. The molecule has 0 aliphatic rings. The molecule has 6 heteroatoms. The van der Waals surface area contributed by atoms with Crippen molar-refractivity contribution in [3.05, 3.63) is 82.4 Å². The van der Waals surface area contributed by atoms with Gasteiger partial charge in [-0.2, -0.15) is 0 Å². The van der Waals surface area contributed by atoms with Crippen LogP contribution in [-0.2, 0) is 4.79 Å². The largest absolute Gasteiger partial charge is 0.467 e. The highest BCUT2D eigenvalue weighted by Crippen LogP contribution is 2.22. The lowest BCUT2D eigenvalue weighted by Crippen LogP contribution is -2.30. The fraction of sp³-hybridized carbons (Fsp3) is 0.200. The van der Waals surface area contributed by atoms with Crippen molar-refractivity contribution >= 4 is 23.2 Å². The number of furan rings is 1. The molecule has 5 nitrogen and oxygen atoms in total. The monoisotopic (exact) mass is 368 g/mol. The summed E-state index contributed by atoms with van der Waals surface area (Å²) in [5.41, 5.74) is 0.960. The molecule has 0 saturated heterocycles. The molecule has 0 aliphatic heterocycles. The number of rotatable bonds is 8. The second-order valence-electron chi connectivity index (χ2n) is 5.76. The Kier molecular flexibility index (Phi) is 6.22. The Balaban J connectivity index is 1.50. The third-order valence-corrected chi connectivity index (χ3v) is 4.75. The number of hydrogen-bond donors (Lipinski definition) is 2. The third-order valence-electron chi connectivity index (χ3n) is 3.88. The summed E-state index contributed by atoms with van der Waals surface area (Å²) in [5, 5.41) is 7.70. The Hall–Kier alpha value is -2.86. The lowest BCUT2D eigenvalue weighted by molar-refractivity contribution is -0.121. The van der Waals surface area contributed by atoms with E-state index < -0.39 is 0 Å². The molecule has 26 heavy (non-hydrogen) atoms. The zero-order valence-electron chi connectivity index (χ0n) is 14.2. The molecule has 0 radical (unpaired) electrons. The number of hydrogen-bond acceptors (Lipinski definition) is 4. The van der Waals surface area contributed by atoms with Gasteiger partial charge in [0.1, 0.15) is 11.8 Å². The smallest absolute Gasteiger partial charge is 0.261 e. The minimum Gasteiger partial charge on any atom is -0.467 e. The first-order chi connectivity index (χ1) is 12.7. The van der Waals surface area contributed by atoms with Crippen LogP contribution in [0.5, 0.6) is 0 Å². The van der Waals surface area contributed by atoms with Crippen LogP contribution in [-0.4, -0.2) is 18.4 Å². The second kappa shape index (κ2) is 9.01. The standard InChI is InChI=1S/C20H20N2O3S/c23-18(11-4-12-21-20(24)17-10-6-14-26-17)22-19(16-9-5-13-25-16)15-7-2-1-3-8-15/h1-3,5-10,13-14,19H,4,11-12H2,(H,21,24)(H,22,23). The van der Waals surface area contributed by atoms with Crippen LogP contribution in [0.4, 0.5) is 0 Å². The van der Waals surface area contributed by atoms with E-state index >= 15 is 0 Å². The van der Waals surface area contributed by atoms with Crippen LogP contribution in [0.3, 0.4) is 0 Å². The average Bonchev–Trinajstić information content (AvgIpc) is 3.38. The summed E-state index contributed by atoms with van der Waals surface area (Å²) in [6, 6.07) is 16.6. The molecule has 2 heterocycles.